The van der Waals surface area contributed by atoms with E-state index in [1.165, 1.54) is 0 Å². The number of hydrogen-bond donors (Lipinski definition) is 3. The van der Waals surface area contributed by atoms with Crippen molar-refractivity contribution in [1.29, 1.82) is 4.78 Å². The Bertz CT molecular complexity index is 1370. The van der Waals surface area contributed by atoms with Crippen molar-refractivity contribution in [3.63, 3.8) is 0 Å². The van der Waals surface area contributed by atoms with Crippen molar-refractivity contribution in [1.82, 2.24) is 25.0 Å². The van der Waals surface area contributed by atoms with Gasteiger partial charge in [0.25, 0.3) is 0 Å². The van der Waals surface area contributed by atoms with Gasteiger partial charge in [0, 0.05) is 30.0 Å². The summed E-state index contributed by atoms with van der Waals surface area (Å²) in [6.07, 6.45) is 2.84. The zero-order valence-electron chi connectivity index (χ0n) is 20.1. The second kappa shape index (κ2) is 8.36. The van der Waals surface area contributed by atoms with E-state index in [9.17, 15) is 31.7 Å². The molecule has 2 aliphatic carbocycles. The summed E-state index contributed by atoms with van der Waals surface area (Å²) in [6, 6.07) is 2.22. The summed E-state index contributed by atoms with van der Waals surface area (Å²) in [4.78, 5) is 19.7. The zero-order chi connectivity index (χ0) is 27.1. The molecule has 206 valence electrons. The Morgan fingerprint density at radius 2 is 1.92 bits per heavy atom. The number of nitrogens with one attached hydrogen (secondary N) is 2. The first-order valence-electron chi connectivity index (χ1n) is 12.2. The molecule has 1 aromatic carbocycles. The number of hydrogen-bond acceptors (Lipinski definition) is 7. The van der Waals surface area contributed by atoms with Crippen LogP contribution in [-0.4, -0.2) is 78.1 Å². The number of urea groups is 1. The number of nitrogens with zero attached hydrogens (tertiary/aromatic N) is 4. The van der Waals surface area contributed by atoms with Crippen LogP contribution in [0, 0.1) is 16.0 Å². The molecule has 1 aromatic heterocycles. The lowest BCUT2D eigenvalue weighted by molar-refractivity contribution is -0.0830. The van der Waals surface area contributed by atoms with Crippen LogP contribution in [0.15, 0.2) is 23.1 Å². The number of amides is 2. The van der Waals surface area contributed by atoms with Gasteiger partial charge in [-0.3, -0.25) is 5.10 Å². The Labute approximate surface area is 215 Å². The largest absolute Gasteiger partial charge is 0.483 e. The topological polar surface area (TPSA) is 136 Å². The third-order valence-corrected chi connectivity index (χ3v) is 9.56. The minimum absolute atomic E-state index is 0.0229. The van der Waals surface area contributed by atoms with Gasteiger partial charge in [-0.15, -0.1) is 0 Å². The summed E-state index contributed by atoms with van der Waals surface area (Å²) in [6.45, 7) is 1.74. The van der Waals surface area contributed by atoms with E-state index in [-0.39, 0.29) is 35.6 Å². The fraction of sp³-hybridized carbons (Fsp3) is 0.609. The number of carbonyl (C=O) groups excluding carboxylic acids is 1. The fourth-order valence-corrected chi connectivity index (χ4v) is 6.20. The van der Waals surface area contributed by atoms with Crippen LogP contribution < -0.4 is 0 Å². The van der Waals surface area contributed by atoms with E-state index < -0.39 is 31.6 Å². The Balaban J connectivity index is 0.932. The molecule has 0 bridgehead atoms. The highest BCUT2D eigenvalue weighted by atomic mass is 32.2. The molecule has 2 aromatic rings. The van der Waals surface area contributed by atoms with Gasteiger partial charge in [-0.1, -0.05) is 6.07 Å². The third kappa shape index (κ3) is 4.24. The molecular weight excluding hydrogens is 532 g/mol. The quantitative estimate of drug-likeness (QED) is 0.467. The monoisotopic (exact) mass is 558 g/mol. The number of rotatable bonds is 6. The van der Waals surface area contributed by atoms with Gasteiger partial charge in [0.05, 0.1) is 30.7 Å². The minimum Gasteiger partial charge on any atom is -0.382 e. The molecular formula is C23H26F4N6O4S. The van der Waals surface area contributed by atoms with Crippen molar-refractivity contribution in [3.05, 3.63) is 41.2 Å². The number of aliphatic hydroxyl groups is 1. The number of likely N-dealkylation sites (tertiary alicyclic amines) is 2. The Hall–Kier alpha value is -2.78. The Kier molecular flexibility index (Phi) is 5.61. The van der Waals surface area contributed by atoms with E-state index in [2.05, 4.69) is 15.2 Å². The van der Waals surface area contributed by atoms with E-state index in [0.29, 0.717) is 50.9 Å². The van der Waals surface area contributed by atoms with Crippen LogP contribution in [0.3, 0.4) is 0 Å². The van der Waals surface area contributed by atoms with Gasteiger partial charge >= 0.3 is 11.5 Å². The molecule has 15 heteroatoms. The summed E-state index contributed by atoms with van der Waals surface area (Å²) >= 11 is 0. The highest BCUT2D eigenvalue weighted by Gasteiger charge is 2.56. The summed E-state index contributed by atoms with van der Waals surface area (Å²) in [7, 11) is -5.13. The SMILES string of the molecule is N=S(=O)(c1ccc(COC2CN(C(=O)N3CC4(CC(c5nc(C6(O)CC6)n[nH]5)C4)C3)C2)c(F)c1)C(F)(F)F. The van der Waals surface area contributed by atoms with Crippen LogP contribution in [0.1, 0.15) is 48.8 Å². The molecule has 4 aliphatic rings. The summed E-state index contributed by atoms with van der Waals surface area (Å²) in [5.74, 6) is 0.466. The lowest BCUT2D eigenvalue weighted by atomic mass is 9.57. The highest BCUT2D eigenvalue weighted by Crippen LogP contribution is 2.56. The van der Waals surface area contributed by atoms with Crippen molar-refractivity contribution in [2.45, 2.75) is 60.3 Å². The van der Waals surface area contributed by atoms with Crippen LogP contribution >= 0.6 is 0 Å². The molecule has 0 radical (unpaired) electrons. The molecule has 1 spiro atoms. The number of carbonyl (C=O) groups is 1. The number of alkyl halides is 3. The second-order valence-electron chi connectivity index (χ2n) is 10.9. The van der Waals surface area contributed by atoms with Crippen molar-refractivity contribution < 1.29 is 36.4 Å². The van der Waals surface area contributed by atoms with Gasteiger partial charge in [0.15, 0.2) is 15.6 Å². The van der Waals surface area contributed by atoms with E-state index >= 15 is 0 Å². The molecule has 2 saturated carbocycles. The highest BCUT2D eigenvalue weighted by molar-refractivity contribution is 7.93. The van der Waals surface area contributed by atoms with Crippen LogP contribution in [0.5, 0.6) is 0 Å². The summed E-state index contributed by atoms with van der Waals surface area (Å²) in [5.41, 5.74) is -6.10. The maximum absolute atomic E-state index is 14.3. The molecule has 1 atom stereocenters. The fourth-order valence-electron chi connectivity index (χ4n) is 5.41. The van der Waals surface area contributed by atoms with Crippen LogP contribution in [0.2, 0.25) is 0 Å². The molecule has 2 saturated heterocycles. The number of H-pyrrole nitrogens is 1. The molecule has 38 heavy (non-hydrogen) atoms. The van der Waals surface area contributed by atoms with E-state index in [1.54, 1.807) is 9.80 Å². The van der Waals surface area contributed by atoms with Crippen molar-refractivity contribution in [2.75, 3.05) is 26.2 Å². The number of aromatic amines is 1. The van der Waals surface area contributed by atoms with E-state index in [0.717, 1.165) is 30.8 Å². The smallest absolute Gasteiger partial charge is 0.382 e. The molecule has 4 fully saturated rings. The molecule has 2 aliphatic heterocycles. The standard InChI is InChI=1S/C23H26F4N6O4S/c24-17-5-16(38(28,36)23(25,26)27)2-1-13(17)10-37-15-8-32(9-15)20(34)33-11-21(12-33)6-14(7-21)18-29-19(31-30-18)22(35)3-4-22/h1-2,5,14-15,28,35H,3-4,6-12H2,(H,29,30,31). The average molecular weight is 559 g/mol. The first-order valence-corrected chi connectivity index (χ1v) is 13.8. The lowest BCUT2D eigenvalue weighted by Gasteiger charge is -2.59. The molecule has 1 unspecified atom stereocenters. The summed E-state index contributed by atoms with van der Waals surface area (Å²) in [5, 5.41) is 17.2. The predicted molar refractivity (Wildman–Crippen MR) is 123 cm³/mol. The maximum atomic E-state index is 14.3. The van der Waals surface area contributed by atoms with Gasteiger partial charge in [0.2, 0.25) is 0 Å². The third-order valence-electron chi connectivity index (χ3n) is 7.99. The molecule has 3 heterocycles. The van der Waals surface area contributed by atoms with Gasteiger partial charge in [-0.05, 0) is 37.8 Å². The molecule has 6 rings (SSSR count). The predicted octanol–water partition coefficient (Wildman–Crippen LogP) is 3.05. The van der Waals surface area contributed by atoms with Crippen LogP contribution in [0.4, 0.5) is 22.4 Å². The minimum atomic E-state index is -5.30. The van der Waals surface area contributed by atoms with Gasteiger partial charge < -0.3 is 19.6 Å². The Morgan fingerprint density at radius 3 is 2.53 bits per heavy atom. The second-order valence-corrected chi connectivity index (χ2v) is 13.0. The van der Waals surface area contributed by atoms with Crippen molar-refractivity contribution in [3.8, 4) is 0 Å². The van der Waals surface area contributed by atoms with E-state index in [1.807, 2.05) is 0 Å². The van der Waals surface area contributed by atoms with Gasteiger partial charge in [-0.25, -0.2) is 23.2 Å². The van der Waals surface area contributed by atoms with Crippen LogP contribution in [-0.2, 0) is 26.7 Å². The number of ether oxygens (including phenoxy) is 1. The van der Waals surface area contributed by atoms with Crippen LogP contribution in [0.25, 0.3) is 0 Å². The summed E-state index contributed by atoms with van der Waals surface area (Å²) < 4.78 is 76.9. The first-order chi connectivity index (χ1) is 17.8. The van der Waals surface area contributed by atoms with Crippen molar-refractivity contribution in [2.24, 2.45) is 5.41 Å². The van der Waals surface area contributed by atoms with E-state index in [4.69, 9.17) is 9.52 Å². The number of benzene rings is 1. The van der Waals surface area contributed by atoms with Gasteiger partial charge in [0.1, 0.15) is 17.2 Å². The lowest BCUT2D eigenvalue weighted by Crippen LogP contribution is -2.68. The van der Waals surface area contributed by atoms with Gasteiger partial charge in [-0.2, -0.15) is 18.3 Å². The first kappa shape index (κ1) is 25.5. The normalized spacial score (nSPS) is 23.9. The zero-order valence-corrected chi connectivity index (χ0v) is 20.9. The van der Waals surface area contributed by atoms with Crippen molar-refractivity contribution >= 4 is 15.8 Å². The average Bonchev–Trinajstić information content (AvgIpc) is 3.31. The molecule has 2 amide bonds. The number of halogens is 4. The Morgan fingerprint density at radius 1 is 1.24 bits per heavy atom. The maximum Gasteiger partial charge on any atom is 0.483 e. The molecule has 3 N–H and O–H groups in total. The number of aromatic nitrogens is 3. The molecule has 10 nitrogen and oxygen atoms in total.